The number of benzene rings is 3. The van der Waals surface area contributed by atoms with Crippen LogP contribution in [0, 0.1) is 13.8 Å². The standard InChI is InChI=1S/C27H24ClN3O3/c1-4-18-6-13-22(14-7-18)31-26(33)23(28)24(27(31)34)29-20-11-8-19(9-12-20)25(32)30-21-10-5-16(2)17(3)15-21/h5-15,29H,4H2,1-3H3,(H,30,32). The Morgan fingerprint density at radius 3 is 2.12 bits per heavy atom. The molecule has 7 heteroatoms. The van der Waals surface area contributed by atoms with Crippen LogP contribution in [-0.2, 0) is 16.0 Å². The Morgan fingerprint density at radius 2 is 1.50 bits per heavy atom. The predicted molar refractivity (Wildman–Crippen MR) is 135 cm³/mol. The summed E-state index contributed by atoms with van der Waals surface area (Å²) in [4.78, 5) is 39.2. The number of anilines is 3. The number of aryl methyl sites for hydroxylation is 3. The average Bonchev–Trinajstić information content (AvgIpc) is 3.05. The van der Waals surface area contributed by atoms with E-state index in [9.17, 15) is 14.4 Å². The molecule has 1 aliphatic rings. The van der Waals surface area contributed by atoms with Crippen LogP contribution in [0.1, 0.15) is 34.0 Å². The van der Waals surface area contributed by atoms with E-state index in [2.05, 4.69) is 10.6 Å². The van der Waals surface area contributed by atoms with E-state index < -0.39 is 11.8 Å². The van der Waals surface area contributed by atoms with Crippen molar-refractivity contribution >= 4 is 46.4 Å². The van der Waals surface area contributed by atoms with Crippen molar-refractivity contribution in [2.45, 2.75) is 27.2 Å². The Morgan fingerprint density at radius 1 is 0.853 bits per heavy atom. The van der Waals surface area contributed by atoms with Crippen molar-refractivity contribution in [1.82, 2.24) is 0 Å². The number of halogens is 1. The second kappa shape index (κ2) is 9.53. The highest BCUT2D eigenvalue weighted by Gasteiger charge is 2.38. The monoisotopic (exact) mass is 473 g/mol. The Hall–Kier alpha value is -3.90. The largest absolute Gasteiger partial charge is 0.350 e. The van der Waals surface area contributed by atoms with Gasteiger partial charge in [-0.1, -0.05) is 36.7 Å². The molecule has 0 saturated heterocycles. The third kappa shape index (κ3) is 4.58. The minimum absolute atomic E-state index is 0.00133. The number of carbonyl (C=O) groups excluding carboxylic acids is 3. The lowest BCUT2D eigenvalue weighted by molar-refractivity contribution is -0.120. The second-order valence-corrected chi connectivity index (χ2v) is 8.49. The highest BCUT2D eigenvalue weighted by atomic mass is 35.5. The number of imide groups is 1. The average molecular weight is 474 g/mol. The first-order chi connectivity index (χ1) is 16.3. The summed E-state index contributed by atoms with van der Waals surface area (Å²) in [6.07, 6.45) is 0.854. The van der Waals surface area contributed by atoms with E-state index in [-0.39, 0.29) is 16.6 Å². The molecule has 1 heterocycles. The zero-order valence-electron chi connectivity index (χ0n) is 19.1. The van der Waals surface area contributed by atoms with E-state index in [1.165, 1.54) is 0 Å². The first kappa shape index (κ1) is 23.3. The van der Waals surface area contributed by atoms with Crippen molar-refractivity contribution < 1.29 is 14.4 Å². The van der Waals surface area contributed by atoms with Gasteiger partial charge in [0.25, 0.3) is 17.7 Å². The Balaban J connectivity index is 1.47. The van der Waals surface area contributed by atoms with Crippen molar-refractivity contribution in [3.05, 3.63) is 99.7 Å². The Bertz CT molecular complexity index is 1310. The van der Waals surface area contributed by atoms with E-state index in [0.717, 1.165) is 33.7 Å². The Labute approximate surface area is 203 Å². The molecule has 1 aliphatic heterocycles. The van der Waals surface area contributed by atoms with Crippen LogP contribution >= 0.6 is 11.6 Å². The molecular formula is C27H24ClN3O3. The third-order valence-electron chi connectivity index (χ3n) is 5.81. The highest BCUT2D eigenvalue weighted by Crippen LogP contribution is 2.30. The van der Waals surface area contributed by atoms with Crippen LogP contribution in [0.4, 0.5) is 17.1 Å². The van der Waals surface area contributed by atoms with Crippen LogP contribution < -0.4 is 15.5 Å². The van der Waals surface area contributed by atoms with Crippen molar-refractivity contribution in [2.24, 2.45) is 0 Å². The zero-order chi connectivity index (χ0) is 24.4. The van der Waals surface area contributed by atoms with Crippen LogP contribution in [0.25, 0.3) is 0 Å². The fourth-order valence-electron chi connectivity index (χ4n) is 3.60. The van der Waals surface area contributed by atoms with Crippen LogP contribution in [0.3, 0.4) is 0 Å². The molecule has 0 saturated carbocycles. The second-order valence-electron chi connectivity index (χ2n) is 8.11. The topological polar surface area (TPSA) is 78.5 Å². The van der Waals surface area contributed by atoms with Crippen LogP contribution in [-0.4, -0.2) is 17.7 Å². The van der Waals surface area contributed by atoms with Gasteiger partial charge >= 0.3 is 0 Å². The quantitative estimate of drug-likeness (QED) is 0.460. The van der Waals surface area contributed by atoms with E-state index in [1.807, 2.05) is 51.1 Å². The number of rotatable bonds is 6. The molecule has 0 unspecified atom stereocenters. The first-order valence-corrected chi connectivity index (χ1v) is 11.3. The number of amides is 3. The van der Waals surface area contributed by atoms with Crippen molar-refractivity contribution in [3.63, 3.8) is 0 Å². The number of carbonyl (C=O) groups is 3. The summed E-state index contributed by atoms with van der Waals surface area (Å²) >= 11 is 6.21. The fraction of sp³-hybridized carbons (Fsp3) is 0.148. The maximum Gasteiger partial charge on any atom is 0.283 e. The van der Waals surface area contributed by atoms with E-state index in [1.54, 1.807) is 36.4 Å². The van der Waals surface area contributed by atoms with Crippen molar-refractivity contribution in [3.8, 4) is 0 Å². The maximum absolute atomic E-state index is 13.0. The van der Waals surface area contributed by atoms with Gasteiger partial charge in [-0.2, -0.15) is 0 Å². The summed E-state index contributed by atoms with van der Waals surface area (Å²) in [6, 6.07) is 19.5. The number of hydrogen-bond acceptors (Lipinski definition) is 4. The molecule has 6 nitrogen and oxygen atoms in total. The molecule has 4 rings (SSSR count). The predicted octanol–water partition coefficient (Wildman–Crippen LogP) is 5.55. The summed E-state index contributed by atoms with van der Waals surface area (Å²) < 4.78 is 0. The number of nitrogens with zero attached hydrogens (tertiary/aromatic N) is 1. The molecule has 2 N–H and O–H groups in total. The molecule has 0 bridgehead atoms. The van der Waals surface area contributed by atoms with Crippen LogP contribution in [0.15, 0.2) is 77.5 Å². The van der Waals surface area contributed by atoms with Crippen LogP contribution in [0.5, 0.6) is 0 Å². The fourth-order valence-corrected chi connectivity index (χ4v) is 3.81. The molecule has 3 aromatic rings. The number of nitrogens with one attached hydrogen (secondary N) is 2. The highest BCUT2D eigenvalue weighted by molar-refractivity contribution is 6.53. The van der Waals surface area contributed by atoms with Gasteiger partial charge in [-0.3, -0.25) is 14.4 Å². The van der Waals surface area contributed by atoms with Gasteiger partial charge in [0, 0.05) is 16.9 Å². The molecule has 0 spiro atoms. The zero-order valence-corrected chi connectivity index (χ0v) is 19.9. The van der Waals surface area contributed by atoms with Gasteiger partial charge in [0.05, 0.1) is 5.69 Å². The maximum atomic E-state index is 13.0. The molecular weight excluding hydrogens is 450 g/mol. The minimum atomic E-state index is -0.581. The minimum Gasteiger partial charge on any atom is -0.350 e. The van der Waals surface area contributed by atoms with E-state index in [0.29, 0.717) is 16.9 Å². The van der Waals surface area contributed by atoms with Gasteiger partial charge in [-0.15, -0.1) is 0 Å². The van der Waals surface area contributed by atoms with Crippen LogP contribution in [0.2, 0.25) is 0 Å². The lowest BCUT2D eigenvalue weighted by Crippen LogP contribution is -2.32. The number of hydrogen-bond donors (Lipinski definition) is 2. The lowest BCUT2D eigenvalue weighted by atomic mass is 10.1. The molecule has 0 radical (unpaired) electrons. The lowest BCUT2D eigenvalue weighted by Gasteiger charge is -2.15. The molecule has 34 heavy (non-hydrogen) atoms. The summed E-state index contributed by atoms with van der Waals surface area (Å²) in [6.45, 7) is 6.03. The Kier molecular flexibility index (Phi) is 6.52. The molecule has 3 aromatic carbocycles. The molecule has 3 amide bonds. The van der Waals surface area contributed by atoms with Gasteiger partial charge in [0.15, 0.2) is 0 Å². The SMILES string of the molecule is CCc1ccc(N2C(=O)C(Cl)=C(Nc3ccc(C(=O)Nc4ccc(C)c(C)c4)cc3)C2=O)cc1. The van der Waals surface area contributed by atoms with Gasteiger partial charge in [0.1, 0.15) is 10.7 Å². The molecule has 172 valence electrons. The first-order valence-electron chi connectivity index (χ1n) is 10.9. The summed E-state index contributed by atoms with van der Waals surface area (Å²) in [5.74, 6) is -1.36. The molecule has 0 fully saturated rings. The normalized spacial score (nSPS) is 13.5. The smallest absolute Gasteiger partial charge is 0.283 e. The molecule has 0 atom stereocenters. The third-order valence-corrected chi connectivity index (χ3v) is 6.16. The summed E-state index contributed by atoms with van der Waals surface area (Å²) in [5, 5.41) is 5.62. The van der Waals surface area contributed by atoms with Gasteiger partial charge in [0.2, 0.25) is 0 Å². The van der Waals surface area contributed by atoms with Gasteiger partial charge in [-0.25, -0.2) is 4.90 Å². The van der Waals surface area contributed by atoms with Gasteiger partial charge in [-0.05, 0) is 85.5 Å². The van der Waals surface area contributed by atoms with Gasteiger partial charge < -0.3 is 10.6 Å². The van der Waals surface area contributed by atoms with Crippen molar-refractivity contribution in [2.75, 3.05) is 15.5 Å². The summed E-state index contributed by atoms with van der Waals surface area (Å²) in [7, 11) is 0. The van der Waals surface area contributed by atoms with Crippen molar-refractivity contribution in [1.29, 1.82) is 0 Å². The summed E-state index contributed by atoms with van der Waals surface area (Å²) in [5.41, 5.74) is 5.50. The van der Waals surface area contributed by atoms with E-state index >= 15 is 0 Å². The molecule has 0 aliphatic carbocycles. The van der Waals surface area contributed by atoms with E-state index in [4.69, 9.17) is 11.6 Å². The molecule has 0 aromatic heterocycles.